The minimum Gasteiger partial charge on any atom is -0.508 e. The van der Waals surface area contributed by atoms with Crippen molar-refractivity contribution in [3.8, 4) is 5.75 Å². The highest BCUT2D eigenvalue weighted by Gasteiger charge is 2.20. The van der Waals surface area contributed by atoms with E-state index in [1.165, 1.54) is 24.0 Å². The maximum Gasteiger partial charge on any atom is 0.115 e. The van der Waals surface area contributed by atoms with Crippen LogP contribution in [0, 0.1) is 0 Å². The number of hydrogen-bond acceptors (Lipinski definition) is 3. The number of benzene rings is 1. The Labute approximate surface area is 108 Å². The van der Waals surface area contributed by atoms with Crippen molar-refractivity contribution in [3.05, 3.63) is 29.3 Å². The predicted molar refractivity (Wildman–Crippen MR) is 74.8 cm³/mol. The average Bonchev–Trinajstić information content (AvgIpc) is 2.35. The number of aromatic hydroxyl groups is 1. The fourth-order valence-electron chi connectivity index (χ4n) is 2.40. The minimum absolute atomic E-state index is 0.391. The summed E-state index contributed by atoms with van der Waals surface area (Å²) in [7, 11) is 0. The molecule has 0 amide bonds. The number of nitrogens with one attached hydrogen (secondary N) is 1. The van der Waals surface area contributed by atoms with Crippen molar-refractivity contribution in [2.45, 2.75) is 37.5 Å². The van der Waals surface area contributed by atoms with Crippen molar-refractivity contribution in [2.75, 3.05) is 12.8 Å². The van der Waals surface area contributed by atoms with E-state index in [0.717, 1.165) is 13.0 Å². The Morgan fingerprint density at radius 2 is 2.35 bits per heavy atom. The van der Waals surface area contributed by atoms with Crippen molar-refractivity contribution in [1.29, 1.82) is 0 Å². The van der Waals surface area contributed by atoms with E-state index in [9.17, 15) is 5.11 Å². The third-order valence-corrected chi connectivity index (χ3v) is 4.47. The maximum atomic E-state index is 9.51. The van der Waals surface area contributed by atoms with Gasteiger partial charge in [-0.3, -0.25) is 0 Å². The zero-order valence-corrected chi connectivity index (χ0v) is 11.4. The molecule has 0 saturated heterocycles. The number of phenols is 1. The van der Waals surface area contributed by atoms with Gasteiger partial charge in [0.1, 0.15) is 5.75 Å². The molecule has 17 heavy (non-hydrogen) atoms. The van der Waals surface area contributed by atoms with Crippen LogP contribution >= 0.6 is 11.8 Å². The zero-order chi connectivity index (χ0) is 12.3. The number of rotatable bonds is 4. The van der Waals surface area contributed by atoms with Crippen LogP contribution in [0.25, 0.3) is 0 Å². The summed E-state index contributed by atoms with van der Waals surface area (Å²) in [5.74, 6) is 0.391. The van der Waals surface area contributed by atoms with Crippen LogP contribution in [-0.2, 0) is 6.42 Å². The van der Waals surface area contributed by atoms with Crippen LogP contribution in [-0.4, -0.2) is 23.2 Å². The number of aryl methyl sites for hydroxylation is 1. The first-order chi connectivity index (χ1) is 8.20. The van der Waals surface area contributed by atoms with Crippen molar-refractivity contribution in [1.82, 2.24) is 5.32 Å². The van der Waals surface area contributed by atoms with Gasteiger partial charge in [0.05, 0.1) is 0 Å². The summed E-state index contributed by atoms with van der Waals surface area (Å²) in [5.41, 5.74) is 2.69. The fourth-order valence-corrected chi connectivity index (χ4v) is 2.67. The van der Waals surface area contributed by atoms with Crippen LogP contribution in [0.5, 0.6) is 5.75 Å². The molecule has 2 nitrogen and oxygen atoms in total. The highest BCUT2D eigenvalue weighted by atomic mass is 32.2. The quantitative estimate of drug-likeness (QED) is 0.862. The number of thioether (sulfide) groups is 1. The van der Waals surface area contributed by atoms with Crippen LogP contribution < -0.4 is 5.32 Å². The minimum atomic E-state index is 0.391. The van der Waals surface area contributed by atoms with E-state index in [2.05, 4.69) is 24.6 Å². The van der Waals surface area contributed by atoms with E-state index < -0.39 is 0 Å². The van der Waals surface area contributed by atoms with Crippen LogP contribution in [0.1, 0.15) is 36.9 Å². The monoisotopic (exact) mass is 251 g/mol. The van der Waals surface area contributed by atoms with Crippen LogP contribution in [0.4, 0.5) is 0 Å². The smallest absolute Gasteiger partial charge is 0.115 e. The topological polar surface area (TPSA) is 32.3 Å². The molecule has 0 bridgehead atoms. The van der Waals surface area contributed by atoms with Gasteiger partial charge in [-0.1, -0.05) is 13.0 Å². The zero-order valence-electron chi connectivity index (χ0n) is 10.6. The molecular formula is C14H21NOS. The lowest BCUT2D eigenvalue weighted by molar-refractivity contribution is 0.452. The third kappa shape index (κ3) is 3.17. The van der Waals surface area contributed by atoms with E-state index in [-0.39, 0.29) is 0 Å². The molecule has 2 atom stereocenters. The molecule has 0 aromatic heterocycles. The van der Waals surface area contributed by atoms with Gasteiger partial charge in [0.15, 0.2) is 0 Å². The summed E-state index contributed by atoms with van der Waals surface area (Å²) in [6.45, 7) is 3.30. The van der Waals surface area contributed by atoms with Gasteiger partial charge in [-0.2, -0.15) is 11.8 Å². The van der Waals surface area contributed by atoms with Crippen LogP contribution in [0.2, 0.25) is 0 Å². The predicted octanol–water partition coefficient (Wildman–Crippen LogP) is 3.11. The van der Waals surface area contributed by atoms with Gasteiger partial charge < -0.3 is 10.4 Å². The van der Waals surface area contributed by atoms with E-state index in [4.69, 9.17) is 0 Å². The molecule has 94 valence electrons. The van der Waals surface area contributed by atoms with Crippen LogP contribution in [0.15, 0.2) is 18.2 Å². The largest absolute Gasteiger partial charge is 0.508 e. The average molecular weight is 251 g/mol. The van der Waals surface area contributed by atoms with Crippen LogP contribution in [0.3, 0.4) is 0 Å². The highest BCUT2D eigenvalue weighted by molar-refractivity contribution is 7.99. The maximum absolute atomic E-state index is 9.51. The molecule has 0 spiro atoms. The number of fused-ring (bicyclic) bond motifs is 1. The Morgan fingerprint density at radius 1 is 1.53 bits per heavy atom. The summed E-state index contributed by atoms with van der Waals surface area (Å²) >= 11 is 1.89. The lowest BCUT2D eigenvalue weighted by Gasteiger charge is -2.27. The molecule has 0 aliphatic heterocycles. The highest BCUT2D eigenvalue weighted by Crippen LogP contribution is 2.31. The molecule has 2 rings (SSSR count). The lowest BCUT2D eigenvalue weighted by atomic mass is 9.87. The summed E-state index contributed by atoms with van der Waals surface area (Å²) < 4.78 is 0. The van der Waals surface area contributed by atoms with Gasteiger partial charge >= 0.3 is 0 Å². The fraction of sp³-hybridized carbons (Fsp3) is 0.571. The Bertz CT molecular complexity index is 380. The van der Waals surface area contributed by atoms with E-state index in [0.29, 0.717) is 17.0 Å². The molecule has 1 aliphatic carbocycles. The molecule has 0 fully saturated rings. The molecular weight excluding hydrogens is 230 g/mol. The lowest BCUT2D eigenvalue weighted by Crippen LogP contribution is -2.29. The number of phenolic OH excluding ortho intramolecular Hbond substituents is 1. The molecule has 1 aliphatic rings. The second-order valence-corrected chi connectivity index (χ2v) is 6.06. The summed E-state index contributed by atoms with van der Waals surface area (Å²) in [6, 6.07) is 6.26. The van der Waals surface area contributed by atoms with Crippen molar-refractivity contribution >= 4 is 11.8 Å². The molecule has 3 heteroatoms. The molecule has 0 radical (unpaired) electrons. The Balaban J connectivity index is 2.06. The molecule has 1 aromatic rings. The van der Waals surface area contributed by atoms with E-state index in [1.54, 1.807) is 6.07 Å². The molecule has 0 saturated carbocycles. The van der Waals surface area contributed by atoms with Gasteiger partial charge in [-0.15, -0.1) is 0 Å². The van der Waals surface area contributed by atoms with E-state index >= 15 is 0 Å². The normalized spacial score (nSPS) is 20.9. The summed E-state index contributed by atoms with van der Waals surface area (Å²) in [6.07, 6.45) is 5.67. The van der Waals surface area contributed by atoms with Crippen molar-refractivity contribution in [2.24, 2.45) is 0 Å². The second-order valence-electron chi connectivity index (χ2n) is 4.78. The SMILES string of the molecule is CSC(C)CNC1CCCc2cc(O)ccc21. The first kappa shape index (κ1) is 12.8. The van der Waals surface area contributed by atoms with Crippen molar-refractivity contribution in [3.63, 3.8) is 0 Å². The Morgan fingerprint density at radius 3 is 3.12 bits per heavy atom. The second kappa shape index (κ2) is 5.78. The summed E-state index contributed by atoms with van der Waals surface area (Å²) in [4.78, 5) is 0. The Kier molecular flexibility index (Phi) is 4.35. The van der Waals surface area contributed by atoms with Crippen molar-refractivity contribution < 1.29 is 5.11 Å². The van der Waals surface area contributed by atoms with Gasteiger partial charge in [-0.25, -0.2) is 0 Å². The first-order valence-corrected chi connectivity index (χ1v) is 7.57. The first-order valence-electron chi connectivity index (χ1n) is 6.28. The van der Waals surface area contributed by atoms with Gasteiger partial charge in [0.25, 0.3) is 0 Å². The van der Waals surface area contributed by atoms with Gasteiger partial charge in [-0.05, 0) is 48.8 Å². The molecule has 0 heterocycles. The van der Waals surface area contributed by atoms with E-state index in [1.807, 2.05) is 17.8 Å². The van der Waals surface area contributed by atoms with Gasteiger partial charge in [0, 0.05) is 17.8 Å². The summed E-state index contributed by atoms with van der Waals surface area (Å²) in [5, 5.41) is 13.8. The molecule has 2 N–H and O–H groups in total. The Hall–Kier alpha value is -0.670. The molecule has 1 aromatic carbocycles. The third-order valence-electron chi connectivity index (χ3n) is 3.49. The number of hydrogen-bond donors (Lipinski definition) is 2. The molecule has 2 unspecified atom stereocenters. The standard InChI is InChI=1S/C14H21NOS/c1-10(17-2)9-15-14-5-3-4-11-8-12(16)6-7-13(11)14/h6-8,10,14-16H,3-5,9H2,1-2H3. The van der Waals surface area contributed by atoms with Gasteiger partial charge in [0.2, 0.25) is 0 Å².